The molecule has 1 aliphatic carbocycles. The lowest BCUT2D eigenvalue weighted by Gasteiger charge is -2.15. The number of allylic oxidation sites excluding steroid dienone is 4. The predicted molar refractivity (Wildman–Crippen MR) is 57.2 cm³/mol. The smallest absolute Gasteiger partial charge is 0.0348 e. The fourth-order valence-corrected chi connectivity index (χ4v) is 1.36. The predicted octanol–water partition coefficient (Wildman–Crippen LogP) is 1.79. The van der Waals surface area contributed by atoms with Crippen LogP contribution in [0.4, 0.5) is 0 Å². The molecular formula is C11H18N2. The standard InChI is InChI=1S/C11H18N2/c1-11(2)7-5-4-6-10(8-11)9-13-12-3/h4-8,12-13H,9H2,1-3H3. The summed E-state index contributed by atoms with van der Waals surface area (Å²) in [6, 6.07) is 0. The molecule has 0 amide bonds. The highest BCUT2D eigenvalue weighted by Gasteiger charge is 2.11. The van der Waals surface area contributed by atoms with Crippen LogP contribution in [-0.4, -0.2) is 13.6 Å². The molecule has 13 heavy (non-hydrogen) atoms. The molecular weight excluding hydrogens is 160 g/mol. The lowest BCUT2D eigenvalue weighted by molar-refractivity contribution is 0.604. The first kappa shape index (κ1) is 10.2. The van der Waals surface area contributed by atoms with Gasteiger partial charge in [0.15, 0.2) is 0 Å². The van der Waals surface area contributed by atoms with Gasteiger partial charge in [-0.1, -0.05) is 44.2 Å². The fourth-order valence-electron chi connectivity index (χ4n) is 1.36. The summed E-state index contributed by atoms with van der Waals surface area (Å²) in [6.45, 7) is 5.27. The van der Waals surface area contributed by atoms with Gasteiger partial charge in [-0.15, -0.1) is 0 Å². The number of nitrogens with one attached hydrogen (secondary N) is 2. The largest absolute Gasteiger partial charge is 0.261 e. The number of hydrazine groups is 1. The zero-order valence-corrected chi connectivity index (χ0v) is 8.59. The summed E-state index contributed by atoms with van der Waals surface area (Å²) in [5.41, 5.74) is 7.47. The van der Waals surface area contributed by atoms with E-state index in [0.717, 1.165) is 6.54 Å². The van der Waals surface area contributed by atoms with Crippen LogP contribution in [-0.2, 0) is 0 Å². The molecule has 1 aliphatic rings. The molecule has 0 aromatic rings. The van der Waals surface area contributed by atoms with Gasteiger partial charge in [-0.3, -0.25) is 10.9 Å². The number of hydrogen-bond donors (Lipinski definition) is 2. The van der Waals surface area contributed by atoms with Gasteiger partial charge in [-0.2, -0.15) is 0 Å². The van der Waals surface area contributed by atoms with E-state index in [0.29, 0.717) is 0 Å². The molecule has 72 valence electrons. The molecule has 0 atom stereocenters. The van der Waals surface area contributed by atoms with Gasteiger partial charge in [0, 0.05) is 12.0 Å². The summed E-state index contributed by atoms with van der Waals surface area (Å²) in [7, 11) is 1.88. The Hall–Kier alpha value is -0.860. The maximum Gasteiger partial charge on any atom is 0.0348 e. The molecule has 1 rings (SSSR count). The molecule has 2 heteroatoms. The van der Waals surface area contributed by atoms with E-state index < -0.39 is 0 Å². The van der Waals surface area contributed by atoms with Crippen LogP contribution in [0.1, 0.15) is 13.8 Å². The van der Waals surface area contributed by atoms with Crippen LogP contribution in [0, 0.1) is 5.41 Å². The zero-order chi connectivity index (χ0) is 9.73. The zero-order valence-electron chi connectivity index (χ0n) is 8.59. The minimum absolute atomic E-state index is 0.161. The third-order valence-corrected chi connectivity index (χ3v) is 1.97. The topological polar surface area (TPSA) is 24.1 Å². The van der Waals surface area contributed by atoms with E-state index in [-0.39, 0.29) is 5.41 Å². The van der Waals surface area contributed by atoms with E-state index in [4.69, 9.17) is 0 Å². The lowest BCUT2D eigenvalue weighted by Crippen LogP contribution is -2.29. The van der Waals surface area contributed by atoms with Gasteiger partial charge in [0.05, 0.1) is 0 Å². The minimum atomic E-state index is 0.161. The van der Waals surface area contributed by atoms with E-state index in [9.17, 15) is 0 Å². The van der Waals surface area contributed by atoms with Gasteiger partial charge in [0.1, 0.15) is 0 Å². The van der Waals surface area contributed by atoms with Crippen molar-refractivity contribution in [3.8, 4) is 0 Å². The Morgan fingerprint density at radius 1 is 1.31 bits per heavy atom. The quantitative estimate of drug-likeness (QED) is 0.644. The molecule has 0 saturated heterocycles. The van der Waals surface area contributed by atoms with Crippen LogP contribution in [0.25, 0.3) is 0 Å². The van der Waals surface area contributed by atoms with Crippen molar-refractivity contribution >= 4 is 0 Å². The summed E-state index contributed by atoms with van der Waals surface area (Å²) in [4.78, 5) is 0. The molecule has 0 aromatic carbocycles. The second-order valence-corrected chi connectivity index (χ2v) is 3.86. The summed E-state index contributed by atoms with van der Waals surface area (Å²) in [5.74, 6) is 0. The van der Waals surface area contributed by atoms with Crippen LogP contribution in [0.2, 0.25) is 0 Å². The van der Waals surface area contributed by atoms with Gasteiger partial charge in [0.2, 0.25) is 0 Å². The maximum atomic E-state index is 3.09. The number of rotatable bonds is 3. The van der Waals surface area contributed by atoms with Crippen LogP contribution < -0.4 is 10.9 Å². The fraction of sp³-hybridized carbons (Fsp3) is 0.455. The average Bonchev–Trinajstić information content (AvgIpc) is 2.22. The molecule has 0 aromatic heterocycles. The second-order valence-electron chi connectivity index (χ2n) is 3.86. The van der Waals surface area contributed by atoms with Gasteiger partial charge in [0.25, 0.3) is 0 Å². The Kier molecular flexibility index (Phi) is 3.46. The molecule has 0 saturated carbocycles. The van der Waals surface area contributed by atoms with Crippen molar-refractivity contribution in [2.75, 3.05) is 13.6 Å². The SMILES string of the molecule is CNNCC1=CC(C)(C)C=CC=C1. The Bertz CT molecular complexity index is 247. The van der Waals surface area contributed by atoms with E-state index in [1.54, 1.807) is 0 Å². The molecule has 0 unspecified atom stereocenters. The first-order chi connectivity index (χ1) is 6.14. The van der Waals surface area contributed by atoms with E-state index in [2.05, 4.69) is 55.1 Å². The van der Waals surface area contributed by atoms with Crippen LogP contribution in [0.15, 0.2) is 36.0 Å². The van der Waals surface area contributed by atoms with Crippen molar-refractivity contribution in [2.24, 2.45) is 5.41 Å². The van der Waals surface area contributed by atoms with Crippen molar-refractivity contribution in [1.29, 1.82) is 0 Å². The van der Waals surface area contributed by atoms with Crippen LogP contribution >= 0.6 is 0 Å². The molecule has 2 nitrogen and oxygen atoms in total. The van der Waals surface area contributed by atoms with E-state index >= 15 is 0 Å². The van der Waals surface area contributed by atoms with Gasteiger partial charge >= 0.3 is 0 Å². The first-order valence-electron chi connectivity index (χ1n) is 4.61. The monoisotopic (exact) mass is 178 g/mol. The highest BCUT2D eigenvalue weighted by atomic mass is 15.3. The molecule has 0 heterocycles. The highest BCUT2D eigenvalue weighted by Crippen LogP contribution is 2.23. The summed E-state index contributed by atoms with van der Waals surface area (Å²) >= 11 is 0. The van der Waals surface area contributed by atoms with Crippen molar-refractivity contribution in [3.63, 3.8) is 0 Å². The molecule has 0 bridgehead atoms. The van der Waals surface area contributed by atoms with E-state index in [1.807, 2.05) is 7.05 Å². The van der Waals surface area contributed by atoms with Crippen LogP contribution in [0.3, 0.4) is 0 Å². The Morgan fingerprint density at radius 3 is 2.77 bits per heavy atom. The molecule has 0 fully saturated rings. The van der Waals surface area contributed by atoms with Crippen molar-refractivity contribution in [2.45, 2.75) is 13.8 Å². The number of hydrogen-bond acceptors (Lipinski definition) is 2. The second kappa shape index (κ2) is 4.40. The normalized spacial score (nSPS) is 19.8. The average molecular weight is 178 g/mol. The summed E-state index contributed by atoms with van der Waals surface area (Å²) in [5, 5.41) is 0. The minimum Gasteiger partial charge on any atom is -0.261 e. The molecule has 0 radical (unpaired) electrons. The summed E-state index contributed by atoms with van der Waals surface area (Å²) < 4.78 is 0. The van der Waals surface area contributed by atoms with Gasteiger partial charge in [-0.05, 0) is 12.6 Å². The van der Waals surface area contributed by atoms with Crippen molar-refractivity contribution in [3.05, 3.63) is 36.0 Å². The van der Waals surface area contributed by atoms with Crippen LogP contribution in [0.5, 0.6) is 0 Å². The Morgan fingerprint density at radius 2 is 2.08 bits per heavy atom. The third-order valence-electron chi connectivity index (χ3n) is 1.97. The van der Waals surface area contributed by atoms with Crippen molar-refractivity contribution in [1.82, 2.24) is 10.9 Å². The maximum absolute atomic E-state index is 3.09. The Labute approximate surface area is 80.4 Å². The van der Waals surface area contributed by atoms with E-state index in [1.165, 1.54) is 5.57 Å². The molecule has 0 spiro atoms. The van der Waals surface area contributed by atoms with Gasteiger partial charge < -0.3 is 0 Å². The molecule has 0 aliphatic heterocycles. The lowest BCUT2D eigenvalue weighted by atomic mass is 9.91. The van der Waals surface area contributed by atoms with Crippen molar-refractivity contribution < 1.29 is 0 Å². The molecule has 2 N–H and O–H groups in total. The Balaban J connectivity index is 2.67. The summed E-state index contributed by atoms with van der Waals surface area (Å²) in [6.07, 6.45) is 10.8. The first-order valence-corrected chi connectivity index (χ1v) is 4.61. The van der Waals surface area contributed by atoms with Gasteiger partial charge in [-0.25, -0.2) is 0 Å². The third kappa shape index (κ3) is 3.57. The highest BCUT2D eigenvalue weighted by molar-refractivity contribution is 5.31.